The molecule has 3 nitrogen and oxygen atoms in total. The van der Waals surface area contributed by atoms with Crippen LogP contribution in [0.5, 0.6) is 0 Å². The normalized spacial score (nSPS) is 10.1. The summed E-state index contributed by atoms with van der Waals surface area (Å²) in [6, 6.07) is 3.88. The molecule has 0 atom stereocenters. The number of nitrogens with zero attached hydrogens (tertiary/aromatic N) is 2. The van der Waals surface area contributed by atoms with Crippen LogP contribution in [-0.4, -0.2) is 15.2 Å². The van der Waals surface area contributed by atoms with Gasteiger partial charge in [-0.2, -0.15) is 5.10 Å². The molecule has 0 aliphatic heterocycles. The molecule has 2 heterocycles. The fourth-order valence-corrected chi connectivity index (χ4v) is 1.48. The lowest BCUT2D eigenvalue weighted by Crippen LogP contribution is -1.79. The predicted molar refractivity (Wildman–Crippen MR) is 49.5 cm³/mol. The smallest absolute Gasteiger partial charge is 0.113 e. The van der Waals surface area contributed by atoms with E-state index in [1.807, 2.05) is 18.3 Å². The highest BCUT2D eigenvalue weighted by molar-refractivity contribution is 9.10. The molecule has 0 spiro atoms. The summed E-state index contributed by atoms with van der Waals surface area (Å²) in [7, 11) is 0. The van der Waals surface area contributed by atoms with Crippen LogP contribution < -0.4 is 0 Å². The third kappa shape index (κ3) is 1.25. The largest absolute Gasteiger partial charge is 0.285 e. The maximum absolute atomic E-state index is 4.11. The molecule has 0 aromatic carbocycles. The zero-order valence-electron chi connectivity index (χ0n) is 6.16. The number of halogens is 1. The van der Waals surface area contributed by atoms with E-state index in [1.165, 1.54) is 0 Å². The molecule has 0 fully saturated rings. The summed E-state index contributed by atoms with van der Waals surface area (Å²) >= 11 is 3.36. The van der Waals surface area contributed by atoms with Crippen LogP contribution in [0.15, 0.2) is 35.3 Å². The molecule has 2 aromatic rings. The lowest BCUT2D eigenvalue weighted by atomic mass is 10.2. The number of rotatable bonds is 1. The monoisotopic (exact) mass is 223 g/mol. The average molecular weight is 224 g/mol. The highest BCUT2D eigenvalue weighted by Gasteiger charge is 2.02. The fraction of sp³-hybridized carbons (Fsp3) is 0. The molecular weight excluding hydrogens is 218 g/mol. The van der Waals surface area contributed by atoms with Gasteiger partial charge in [0.1, 0.15) is 4.60 Å². The van der Waals surface area contributed by atoms with Crippen molar-refractivity contribution >= 4 is 15.9 Å². The molecule has 0 saturated heterocycles. The first kappa shape index (κ1) is 7.49. The van der Waals surface area contributed by atoms with E-state index < -0.39 is 0 Å². The lowest BCUT2D eigenvalue weighted by Gasteiger charge is -1.97. The number of nitrogens with one attached hydrogen (secondary N) is 1. The molecule has 0 saturated carbocycles. The summed E-state index contributed by atoms with van der Waals surface area (Å²) in [5.41, 5.74) is 2.08. The Hall–Kier alpha value is -1.16. The Labute approximate surface area is 78.0 Å². The van der Waals surface area contributed by atoms with Crippen molar-refractivity contribution in [3.05, 3.63) is 35.3 Å². The second kappa shape index (κ2) is 3.06. The van der Waals surface area contributed by atoms with Crippen molar-refractivity contribution in [3.63, 3.8) is 0 Å². The van der Waals surface area contributed by atoms with Gasteiger partial charge in [-0.1, -0.05) is 6.07 Å². The summed E-state index contributed by atoms with van der Waals surface area (Å²) in [5, 5.41) is 6.62. The molecular formula is C8H6BrN3. The van der Waals surface area contributed by atoms with E-state index in [4.69, 9.17) is 0 Å². The van der Waals surface area contributed by atoms with Crippen LogP contribution in [0, 0.1) is 0 Å². The molecule has 0 amide bonds. The minimum absolute atomic E-state index is 0.839. The maximum atomic E-state index is 4.11. The first-order chi connectivity index (χ1) is 5.88. The van der Waals surface area contributed by atoms with E-state index in [0.717, 1.165) is 15.7 Å². The summed E-state index contributed by atoms with van der Waals surface area (Å²) in [5.74, 6) is 0. The predicted octanol–water partition coefficient (Wildman–Crippen LogP) is 2.23. The molecule has 2 rings (SSSR count). The molecule has 2 aromatic heterocycles. The lowest BCUT2D eigenvalue weighted by molar-refractivity contribution is 1.09. The molecule has 1 N–H and O–H groups in total. The topological polar surface area (TPSA) is 41.6 Å². The van der Waals surface area contributed by atoms with Gasteiger partial charge in [-0.15, -0.1) is 0 Å². The van der Waals surface area contributed by atoms with Gasteiger partial charge < -0.3 is 0 Å². The van der Waals surface area contributed by atoms with Crippen LogP contribution in [0.1, 0.15) is 0 Å². The van der Waals surface area contributed by atoms with Crippen molar-refractivity contribution < 1.29 is 0 Å². The van der Waals surface area contributed by atoms with E-state index in [1.54, 1.807) is 12.4 Å². The Balaban J connectivity index is 2.55. The summed E-state index contributed by atoms with van der Waals surface area (Å²) in [4.78, 5) is 4.11. The molecule has 60 valence electrons. The van der Waals surface area contributed by atoms with Gasteiger partial charge in [0.05, 0.1) is 6.20 Å². The molecule has 0 aliphatic carbocycles. The number of hydrogen-bond acceptors (Lipinski definition) is 2. The Bertz CT molecular complexity index is 370. The Morgan fingerprint density at radius 3 is 3.00 bits per heavy atom. The van der Waals surface area contributed by atoms with E-state index in [0.29, 0.717) is 0 Å². The third-order valence-electron chi connectivity index (χ3n) is 1.57. The quantitative estimate of drug-likeness (QED) is 0.754. The van der Waals surface area contributed by atoms with Crippen LogP contribution in [0.3, 0.4) is 0 Å². The second-order valence-corrected chi connectivity index (χ2v) is 3.08. The minimum atomic E-state index is 0.839. The third-order valence-corrected chi connectivity index (χ3v) is 2.20. The van der Waals surface area contributed by atoms with Crippen molar-refractivity contribution in [2.24, 2.45) is 0 Å². The number of aromatic amines is 1. The molecule has 0 radical (unpaired) electrons. The summed E-state index contributed by atoms with van der Waals surface area (Å²) < 4.78 is 0.839. The fourth-order valence-electron chi connectivity index (χ4n) is 1.000. The van der Waals surface area contributed by atoms with Crippen molar-refractivity contribution in [2.45, 2.75) is 0 Å². The van der Waals surface area contributed by atoms with Crippen LogP contribution in [-0.2, 0) is 0 Å². The van der Waals surface area contributed by atoms with Crippen molar-refractivity contribution in [1.82, 2.24) is 15.2 Å². The standard InChI is InChI=1S/C8H6BrN3/c9-8-7(2-1-3-10-8)6-4-11-12-5-6/h1-5H,(H,11,12). The Morgan fingerprint density at radius 2 is 2.33 bits per heavy atom. The van der Waals surface area contributed by atoms with Gasteiger partial charge >= 0.3 is 0 Å². The summed E-state index contributed by atoms with van der Waals surface area (Å²) in [6.45, 7) is 0. The number of pyridine rings is 1. The van der Waals surface area contributed by atoms with Gasteiger partial charge in [-0.05, 0) is 22.0 Å². The minimum Gasteiger partial charge on any atom is -0.285 e. The Kier molecular flexibility index (Phi) is 1.91. The van der Waals surface area contributed by atoms with Gasteiger partial charge in [-0.25, -0.2) is 4.98 Å². The SMILES string of the molecule is Brc1ncccc1-c1cn[nH]c1. The van der Waals surface area contributed by atoms with Gasteiger partial charge in [0.25, 0.3) is 0 Å². The first-order valence-electron chi connectivity index (χ1n) is 3.47. The molecule has 4 heteroatoms. The first-order valence-corrected chi connectivity index (χ1v) is 4.27. The average Bonchev–Trinajstić information content (AvgIpc) is 2.57. The van der Waals surface area contributed by atoms with Gasteiger partial charge in [-0.3, -0.25) is 5.10 Å². The molecule has 12 heavy (non-hydrogen) atoms. The summed E-state index contributed by atoms with van der Waals surface area (Å²) in [6.07, 6.45) is 5.34. The second-order valence-electron chi connectivity index (χ2n) is 2.33. The van der Waals surface area contributed by atoms with Crippen molar-refractivity contribution in [3.8, 4) is 11.1 Å². The number of aromatic nitrogens is 3. The highest BCUT2D eigenvalue weighted by atomic mass is 79.9. The Morgan fingerprint density at radius 1 is 1.42 bits per heavy atom. The molecule has 0 bridgehead atoms. The van der Waals surface area contributed by atoms with Gasteiger partial charge in [0.15, 0.2) is 0 Å². The maximum Gasteiger partial charge on any atom is 0.113 e. The zero-order chi connectivity index (χ0) is 8.39. The van der Waals surface area contributed by atoms with E-state index >= 15 is 0 Å². The van der Waals surface area contributed by atoms with E-state index in [2.05, 4.69) is 31.1 Å². The number of H-pyrrole nitrogens is 1. The van der Waals surface area contributed by atoms with Crippen molar-refractivity contribution in [1.29, 1.82) is 0 Å². The number of hydrogen-bond donors (Lipinski definition) is 1. The zero-order valence-corrected chi connectivity index (χ0v) is 7.75. The van der Waals surface area contributed by atoms with E-state index in [9.17, 15) is 0 Å². The highest BCUT2D eigenvalue weighted by Crippen LogP contribution is 2.24. The van der Waals surface area contributed by atoms with Gasteiger partial charge in [0.2, 0.25) is 0 Å². The van der Waals surface area contributed by atoms with Crippen molar-refractivity contribution in [2.75, 3.05) is 0 Å². The van der Waals surface area contributed by atoms with Crippen LogP contribution in [0.25, 0.3) is 11.1 Å². The van der Waals surface area contributed by atoms with Crippen LogP contribution in [0.4, 0.5) is 0 Å². The van der Waals surface area contributed by atoms with E-state index in [-0.39, 0.29) is 0 Å². The van der Waals surface area contributed by atoms with Gasteiger partial charge in [0, 0.05) is 23.5 Å². The van der Waals surface area contributed by atoms with Crippen LogP contribution >= 0.6 is 15.9 Å². The molecule has 0 unspecified atom stereocenters. The molecule has 0 aliphatic rings. The van der Waals surface area contributed by atoms with Crippen LogP contribution in [0.2, 0.25) is 0 Å².